The molecule has 0 aromatic heterocycles. The predicted octanol–water partition coefficient (Wildman–Crippen LogP) is 3.03. The average Bonchev–Trinajstić information content (AvgIpc) is 2.76. The maximum absolute atomic E-state index is 12.4. The molecule has 0 saturated carbocycles. The minimum absolute atomic E-state index is 0.0744. The Hall–Kier alpha value is -2.58. The highest BCUT2D eigenvalue weighted by atomic mass is 32.2. The minimum Gasteiger partial charge on any atom is -0.496 e. The van der Waals surface area contributed by atoms with Crippen LogP contribution in [0.1, 0.15) is 30.9 Å². The zero-order valence-corrected chi connectivity index (χ0v) is 19.5. The van der Waals surface area contributed by atoms with Crippen LogP contribution in [-0.2, 0) is 27.7 Å². The van der Waals surface area contributed by atoms with Crippen molar-refractivity contribution in [2.24, 2.45) is 0 Å². The van der Waals surface area contributed by atoms with E-state index >= 15 is 0 Å². The summed E-state index contributed by atoms with van der Waals surface area (Å²) in [7, 11) is 0.956. The predicted molar refractivity (Wildman–Crippen MR) is 121 cm³/mol. The number of carbonyl (C=O) groups excluding carboxylic acids is 1. The second-order valence-electron chi connectivity index (χ2n) is 7.29. The van der Waals surface area contributed by atoms with Crippen LogP contribution < -0.4 is 14.8 Å². The van der Waals surface area contributed by atoms with Crippen LogP contribution in [0.3, 0.4) is 0 Å². The molecule has 0 heterocycles. The van der Waals surface area contributed by atoms with Crippen LogP contribution in [0.4, 0.5) is 0 Å². The van der Waals surface area contributed by atoms with Gasteiger partial charge in [0.1, 0.15) is 11.5 Å². The normalized spacial score (nSPS) is 11.4. The molecule has 0 atom stereocenters. The number of rotatable bonds is 12. The van der Waals surface area contributed by atoms with E-state index in [-0.39, 0.29) is 17.2 Å². The molecule has 0 aliphatic carbocycles. The van der Waals surface area contributed by atoms with Crippen molar-refractivity contribution in [3.8, 4) is 11.5 Å². The molecule has 0 spiro atoms. The van der Waals surface area contributed by atoms with Crippen molar-refractivity contribution in [2.75, 3.05) is 34.4 Å². The quantitative estimate of drug-likeness (QED) is 0.505. The van der Waals surface area contributed by atoms with Crippen molar-refractivity contribution < 1.29 is 22.7 Å². The average molecular weight is 449 g/mol. The maximum Gasteiger partial charge on any atom is 0.242 e. The highest BCUT2D eigenvalue weighted by Gasteiger charge is 2.19. The fourth-order valence-electron chi connectivity index (χ4n) is 3.10. The van der Waals surface area contributed by atoms with Gasteiger partial charge < -0.3 is 14.8 Å². The second-order valence-corrected chi connectivity index (χ2v) is 9.44. The lowest BCUT2D eigenvalue weighted by Crippen LogP contribution is -2.25. The zero-order chi connectivity index (χ0) is 22.9. The molecule has 0 unspecified atom stereocenters. The molecule has 0 fully saturated rings. The van der Waals surface area contributed by atoms with E-state index in [1.54, 1.807) is 12.1 Å². The van der Waals surface area contributed by atoms with Crippen LogP contribution >= 0.6 is 0 Å². The largest absolute Gasteiger partial charge is 0.496 e. The van der Waals surface area contributed by atoms with Gasteiger partial charge >= 0.3 is 0 Å². The number of carbonyl (C=O) groups is 1. The van der Waals surface area contributed by atoms with Gasteiger partial charge in [0.15, 0.2) is 0 Å². The van der Waals surface area contributed by atoms with Crippen molar-refractivity contribution in [3.63, 3.8) is 0 Å². The van der Waals surface area contributed by atoms with E-state index in [1.807, 2.05) is 31.2 Å². The number of benzene rings is 2. The van der Waals surface area contributed by atoms with Crippen molar-refractivity contribution in [1.29, 1.82) is 0 Å². The number of aryl methyl sites for hydroxylation is 2. The molecular weight excluding hydrogens is 416 g/mol. The molecular formula is C23H32N2O5S. The summed E-state index contributed by atoms with van der Waals surface area (Å²) in [5.41, 5.74) is 1.89. The Morgan fingerprint density at radius 2 is 1.77 bits per heavy atom. The third-order valence-corrected chi connectivity index (χ3v) is 6.66. The summed E-state index contributed by atoms with van der Waals surface area (Å²) < 4.78 is 36.7. The number of hydrogen-bond donors (Lipinski definition) is 1. The molecule has 2 aromatic carbocycles. The third kappa shape index (κ3) is 7.25. The first-order chi connectivity index (χ1) is 14.8. The van der Waals surface area contributed by atoms with Gasteiger partial charge in [-0.05, 0) is 67.6 Å². The van der Waals surface area contributed by atoms with E-state index in [0.29, 0.717) is 30.9 Å². The van der Waals surface area contributed by atoms with Crippen LogP contribution in [0.5, 0.6) is 11.5 Å². The molecule has 170 valence electrons. The Balaban J connectivity index is 1.84. The number of nitrogens with one attached hydrogen (secondary N) is 1. The van der Waals surface area contributed by atoms with Gasteiger partial charge in [0.05, 0.1) is 18.6 Å². The van der Waals surface area contributed by atoms with Crippen LogP contribution in [-0.4, -0.2) is 53.0 Å². The molecule has 0 saturated heterocycles. The number of hydrogen-bond acceptors (Lipinski definition) is 5. The van der Waals surface area contributed by atoms with Crippen molar-refractivity contribution in [2.45, 2.75) is 37.5 Å². The smallest absolute Gasteiger partial charge is 0.242 e. The van der Waals surface area contributed by atoms with Gasteiger partial charge in [0.2, 0.25) is 15.9 Å². The van der Waals surface area contributed by atoms with E-state index in [1.165, 1.54) is 32.8 Å². The standard InChI is InChI=1S/C23H32N2O5S/c1-5-30-20-11-8-18(9-12-20)7-6-16-24-23(26)15-10-19-17-21(13-14-22(19)29-4)31(27,28)25(2)3/h8-9,11-14,17H,5-7,10,15-16H2,1-4H3,(H,24,26). The highest BCUT2D eigenvalue weighted by Crippen LogP contribution is 2.25. The summed E-state index contributed by atoms with van der Waals surface area (Å²) >= 11 is 0. The van der Waals surface area contributed by atoms with Gasteiger partial charge in [0, 0.05) is 27.1 Å². The number of ether oxygens (including phenoxy) is 2. The minimum atomic E-state index is -3.54. The summed E-state index contributed by atoms with van der Waals surface area (Å²) in [6.45, 7) is 3.18. The summed E-state index contributed by atoms with van der Waals surface area (Å²) in [5.74, 6) is 1.35. The Kier molecular flexibility index (Phi) is 9.33. The maximum atomic E-state index is 12.4. The number of nitrogens with zero attached hydrogens (tertiary/aromatic N) is 1. The Bertz CT molecular complexity index is 956. The van der Waals surface area contributed by atoms with Gasteiger partial charge in [-0.1, -0.05) is 12.1 Å². The van der Waals surface area contributed by atoms with Crippen LogP contribution in [0, 0.1) is 0 Å². The van der Waals surface area contributed by atoms with Gasteiger partial charge in [-0.2, -0.15) is 0 Å². The lowest BCUT2D eigenvalue weighted by Gasteiger charge is -2.14. The SMILES string of the molecule is CCOc1ccc(CCCNC(=O)CCc2cc(S(=O)(=O)N(C)C)ccc2OC)cc1. The molecule has 7 nitrogen and oxygen atoms in total. The van der Waals surface area contributed by atoms with Gasteiger partial charge in [-0.3, -0.25) is 4.79 Å². The van der Waals surface area contributed by atoms with Crippen LogP contribution in [0.25, 0.3) is 0 Å². The number of sulfonamides is 1. The van der Waals surface area contributed by atoms with E-state index < -0.39 is 10.0 Å². The molecule has 1 N–H and O–H groups in total. The van der Waals surface area contributed by atoms with Crippen molar-refractivity contribution in [1.82, 2.24) is 9.62 Å². The van der Waals surface area contributed by atoms with Crippen LogP contribution in [0.2, 0.25) is 0 Å². The van der Waals surface area contributed by atoms with Crippen LogP contribution in [0.15, 0.2) is 47.4 Å². The summed E-state index contributed by atoms with van der Waals surface area (Å²) in [6.07, 6.45) is 2.35. The summed E-state index contributed by atoms with van der Waals surface area (Å²) in [4.78, 5) is 12.4. The molecule has 2 aromatic rings. The topological polar surface area (TPSA) is 84.9 Å². The van der Waals surface area contributed by atoms with Crippen molar-refractivity contribution >= 4 is 15.9 Å². The molecule has 8 heteroatoms. The van der Waals surface area contributed by atoms with Gasteiger partial charge in [0.25, 0.3) is 0 Å². The first kappa shape index (κ1) is 24.7. The first-order valence-electron chi connectivity index (χ1n) is 10.4. The molecule has 0 bridgehead atoms. The second kappa shape index (κ2) is 11.7. The van der Waals surface area contributed by atoms with Gasteiger partial charge in [-0.15, -0.1) is 0 Å². The Labute approximate surface area is 185 Å². The number of methoxy groups -OCH3 is 1. The first-order valence-corrected chi connectivity index (χ1v) is 11.8. The van der Waals surface area contributed by atoms with E-state index in [9.17, 15) is 13.2 Å². The number of amides is 1. The van der Waals surface area contributed by atoms with Gasteiger partial charge in [-0.25, -0.2) is 12.7 Å². The third-order valence-electron chi connectivity index (χ3n) is 4.85. The molecule has 0 aliphatic heterocycles. The highest BCUT2D eigenvalue weighted by molar-refractivity contribution is 7.89. The monoisotopic (exact) mass is 448 g/mol. The fraction of sp³-hybridized carbons (Fsp3) is 0.435. The fourth-order valence-corrected chi connectivity index (χ4v) is 4.05. The van der Waals surface area contributed by atoms with E-state index in [4.69, 9.17) is 9.47 Å². The lowest BCUT2D eigenvalue weighted by molar-refractivity contribution is -0.121. The molecule has 1 amide bonds. The lowest BCUT2D eigenvalue weighted by atomic mass is 10.1. The molecule has 0 radical (unpaired) electrons. The Morgan fingerprint density at radius 1 is 1.06 bits per heavy atom. The Morgan fingerprint density at radius 3 is 2.39 bits per heavy atom. The zero-order valence-electron chi connectivity index (χ0n) is 18.7. The summed E-state index contributed by atoms with van der Waals surface area (Å²) in [5, 5.41) is 2.92. The van der Waals surface area contributed by atoms with E-state index in [2.05, 4.69) is 5.32 Å². The van der Waals surface area contributed by atoms with Crippen molar-refractivity contribution in [3.05, 3.63) is 53.6 Å². The molecule has 31 heavy (non-hydrogen) atoms. The molecule has 0 aliphatic rings. The molecule has 2 rings (SSSR count). The summed E-state index contributed by atoms with van der Waals surface area (Å²) in [6, 6.07) is 12.7. The van der Waals surface area contributed by atoms with E-state index in [0.717, 1.165) is 22.9 Å².